The Hall–Kier alpha value is -2.18. The maximum absolute atomic E-state index is 13.6. The Balaban J connectivity index is 2.83. The maximum Gasteiger partial charge on any atom is 0.326 e. The molecule has 0 fully saturated rings. The van der Waals surface area contributed by atoms with Gasteiger partial charge in [-0.1, -0.05) is 13.0 Å². The van der Waals surface area contributed by atoms with Crippen molar-refractivity contribution < 1.29 is 23.5 Å². The number of aliphatic carboxylic acids is 1. The number of aryl methyl sites for hydroxylation is 1. The number of carboxylic acid groups (broad SMARTS) is 1. The van der Waals surface area contributed by atoms with Gasteiger partial charge in [-0.05, 0) is 25.0 Å². The van der Waals surface area contributed by atoms with Crippen LogP contribution >= 0.6 is 0 Å². The molecule has 0 aromatic heterocycles. The molecule has 0 aliphatic carbocycles. The van der Waals surface area contributed by atoms with Crippen molar-refractivity contribution in [2.45, 2.75) is 26.3 Å². The Morgan fingerprint density at radius 3 is 2.53 bits per heavy atom. The van der Waals surface area contributed by atoms with E-state index in [0.717, 1.165) is 6.07 Å². The molecule has 104 valence electrons. The van der Waals surface area contributed by atoms with E-state index in [9.17, 15) is 18.4 Å². The minimum atomic E-state index is -1.22. The van der Waals surface area contributed by atoms with Crippen molar-refractivity contribution in [2.75, 3.05) is 5.32 Å². The molecule has 0 heterocycles. The number of benzene rings is 1. The highest BCUT2D eigenvalue weighted by Gasteiger charge is 2.20. The smallest absolute Gasteiger partial charge is 0.326 e. The third-order valence-electron chi connectivity index (χ3n) is 2.53. The van der Waals surface area contributed by atoms with Crippen LogP contribution in [0.3, 0.4) is 0 Å². The van der Waals surface area contributed by atoms with E-state index in [1.165, 1.54) is 13.0 Å². The first-order valence-electron chi connectivity index (χ1n) is 5.61. The van der Waals surface area contributed by atoms with Crippen molar-refractivity contribution in [1.82, 2.24) is 5.32 Å². The molecule has 0 saturated carbocycles. The Morgan fingerprint density at radius 2 is 2.00 bits per heavy atom. The molecule has 7 heteroatoms. The third-order valence-corrected chi connectivity index (χ3v) is 2.53. The summed E-state index contributed by atoms with van der Waals surface area (Å²) in [5, 5.41) is 12.8. The Kier molecular flexibility index (Phi) is 4.80. The molecule has 1 rings (SSSR count). The van der Waals surface area contributed by atoms with Crippen molar-refractivity contribution in [3.8, 4) is 0 Å². The van der Waals surface area contributed by atoms with Crippen LogP contribution in [0.2, 0.25) is 0 Å². The van der Waals surface area contributed by atoms with Crippen LogP contribution in [-0.2, 0) is 4.79 Å². The van der Waals surface area contributed by atoms with Gasteiger partial charge in [0, 0.05) is 0 Å². The van der Waals surface area contributed by atoms with Crippen LogP contribution in [0.4, 0.5) is 19.3 Å². The number of amides is 2. The van der Waals surface area contributed by atoms with Gasteiger partial charge in [0.2, 0.25) is 0 Å². The Morgan fingerprint density at radius 1 is 1.37 bits per heavy atom. The summed E-state index contributed by atoms with van der Waals surface area (Å²) in [6.45, 7) is 2.98. The summed E-state index contributed by atoms with van der Waals surface area (Å²) in [5.41, 5.74) is -0.431. The molecule has 19 heavy (non-hydrogen) atoms. The summed E-state index contributed by atoms with van der Waals surface area (Å²) in [7, 11) is 0. The van der Waals surface area contributed by atoms with E-state index in [0.29, 0.717) is 0 Å². The van der Waals surface area contributed by atoms with Crippen LogP contribution < -0.4 is 10.6 Å². The first-order chi connectivity index (χ1) is 8.86. The molecule has 1 aromatic carbocycles. The summed E-state index contributed by atoms with van der Waals surface area (Å²) in [4.78, 5) is 22.2. The molecule has 0 aliphatic rings. The average Bonchev–Trinajstić information content (AvgIpc) is 2.36. The zero-order valence-electron chi connectivity index (χ0n) is 10.5. The molecular weight excluding hydrogens is 258 g/mol. The van der Waals surface area contributed by atoms with Crippen molar-refractivity contribution in [1.29, 1.82) is 0 Å². The second-order valence-corrected chi connectivity index (χ2v) is 3.95. The molecule has 0 bridgehead atoms. The Bertz CT molecular complexity index is 506. The molecule has 0 saturated heterocycles. The van der Waals surface area contributed by atoms with E-state index in [4.69, 9.17) is 5.11 Å². The lowest BCUT2D eigenvalue weighted by atomic mass is 10.2. The third kappa shape index (κ3) is 3.64. The standard InChI is InChI=1S/C12H14F2N2O3/c1-3-8(11(17)18)15-12(19)16-10-7(13)5-4-6(2)9(10)14/h4-5,8H,3H2,1-2H3,(H,17,18)(H2,15,16,19). The fraction of sp³-hybridized carbons (Fsp3) is 0.333. The second kappa shape index (κ2) is 6.12. The van der Waals surface area contributed by atoms with Gasteiger partial charge in [0.1, 0.15) is 17.5 Å². The van der Waals surface area contributed by atoms with Crippen LogP contribution in [0.15, 0.2) is 12.1 Å². The van der Waals surface area contributed by atoms with Gasteiger partial charge < -0.3 is 15.7 Å². The van der Waals surface area contributed by atoms with Crippen molar-refractivity contribution in [3.05, 3.63) is 29.3 Å². The van der Waals surface area contributed by atoms with E-state index >= 15 is 0 Å². The number of rotatable bonds is 4. The molecule has 0 aliphatic heterocycles. The van der Waals surface area contributed by atoms with Crippen LogP contribution in [0, 0.1) is 18.6 Å². The number of nitrogens with one attached hydrogen (secondary N) is 2. The summed E-state index contributed by atoms with van der Waals surface area (Å²) in [6, 6.07) is 0.163. The highest BCUT2D eigenvalue weighted by atomic mass is 19.1. The molecule has 1 atom stereocenters. The van der Waals surface area contributed by atoms with Crippen molar-refractivity contribution >= 4 is 17.7 Å². The van der Waals surface area contributed by atoms with E-state index < -0.39 is 35.4 Å². The number of carbonyl (C=O) groups excluding carboxylic acids is 1. The lowest BCUT2D eigenvalue weighted by Gasteiger charge is -2.14. The zero-order chi connectivity index (χ0) is 14.6. The van der Waals surface area contributed by atoms with E-state index in [-0.39, 0.29) is 12.0 Å². The van der Waals surface area contributed by atoms with Crippen LogP contribution in [0.1, 0.15) is 18.9 Å². The average molecular weight is 272 g/mol. The Labute approximate surface area is 108 Å². The molecule has 5 nitrogen and oxygen atoms in total. The van der Waals surface area contributed by atoms with Gasteiger partial charge in [0.15, 0.2) is 5.82 Å². The maximum atomic E-state index is 13.6. The lowest BCUT2D eigenvalue weighted by molar-refractivity contribution is -0.139. The largest absolute Gasteiger partial charge is 0.480 e. The summed E-state index contributed by atoms with van der Waals surface area (Å²) >= 11 is 0. The number of hydrogen-bond donors (Lipinski definition) is 3. The first-order valence-corrected chi connectivity index (χ1v) is 5.61. The fourth-order valence-corrected chi connectivity index (χ4v) is 1.42. The van der Waals surface area contributed by atoms with E-state index in [2.05, 4.69) is 5.32 Å². The molecule has 0 spiro atoms. The van der Waals surface area contributed by atoms with Gasteiger partial charge in [0.05, 0.1) is 0 Å². The summed E-state index contributed by atoms with van der Waals surface area (Å²) < 4.78 is 27.0. The van der Waals surface area contributed by atoms with Gasteiger partial charge in [-0.3, -0.25) is 0 Å². The number of carbonyl (C=O) groups is 2. The van der Waals surface area contributed by atoms with Crippen molar-refractivity contribution in [3.63, 3.8) is 0 Å². The number of halogens is 2. The van der Waals surface area contributed by atoms with Gasteiger partial charge >= 0.3 is 12.0 Å². The molecule has 1 aromatic rings. The molecule has 0 radical (unpaired) electrons. The zero-order valence-corrected chi connectivity index (χ0v) is 10.5. The quantitative estimate of drug-likeness (QED) is 0.786. The van der Waals surface area contributed by atoms with Gasteiger partial charge in [-0.15, -0.1) is 0 Å². The van der Waals surface area contributed by atoms with Gasteiger partial charge in [-0.2, -0.15) is 0 Å². The van der Waals surface area contributed by atoms with Crippen molar-refractivity contribution in [2.24, 2.45) is 0 Å². The van der Waals surface area contributed by atoms with Gasteiger partial charge in [-0.25, -0.2) is 18.4 Å². The van der Waals surface area contributed by atoms with Crippen LogP contribution in [0.25, 0.3) is 0 Å². The fourth-order valence-electron chi connectivity index (χ4n) is 1.42. The molecular formula is C12H14F2N2O3. The highest BCUT2D eigenvalue weighted by molar-refractivity contribution is 5.92. The minimum Gasteiger partial charge on any atom is -0.480 e. The summed E-state index contributed by atoms with van der Waals surface area (Å²) in [6.07, 6.45) is 0.154. The molecule has 3 N–H and O–H groups in total. The minimum absolute atomic E-state index is 0.154. The van der Waals surface area contributed by atoms with Crippen LogP contribution in [0.5, 0.6) is 0 Å². The number of urea groups is 1. The predicted octanol–water partition coefficient (Wildman–Crippen LogP) is 2.26. The van der Waals surface area contributed by atoms with Crippen LogP contribution in [-0.4, -0.2) is 23.1 Å². The topological polar surface area (TPSA) is 78.4 Å². The highest BCUT2D eigenvalue weighted by Crippen LogP contribution is 2.21. The summed E-state index contributed by atoms with van der Waals surface area (Å²) in [5.74, 6) is -3.04. The van der Waals surface area contributed by atoms with E-state index in [1.807, 2.05) is 5.32 Å². The predicted molar refractivity (Wildman–Crippen MR) is 65.0 cm³/mol. The molecule has 1 unspecified atom stereocenters. The number of anilines is 1. The molecule has 2 amide bonds. The first kappa shape index (κ1) is 14.9. The van der Waals surface area contributed by atoms with Gasteiger partial charge in [0.25, 0.3) is 0 Å². The SMILES string of the molecule is CCC(NC(=O)Nc1c(F)ccc(C)c1F)C(=O)O. The monoisotopic (exact) mass is 272 g/mol. The van der Waals surface area contributed by atoms with E-state index in [1.54, 1.807) is 6.92 Å². The number of carboxylic acids is 1. The number of hydrogen-bond acceptors (Lipinski definition) is 2. The second-order valence-electron chi connectivity index (χ2n) is 3.95. The normalized spacial score (nSPS) is 11.8. The lowest BCUT2D eigenvalue weighted by Crippen LogP contribution is -2.42.